The van der Waals surface area contributed by atoms with Crippen LogP contribution in [0.4, 0.5) is 0 Å². The van der Waals surface area contributed by atoms with Gasteiger partial charge in [-0.1, -0.05) is 29.8 Å². The summed E-state index contributed by atoms with van der Waals surface area (Å²) in [6.45, 7) is 0.508. The van der Waals surface area contributed by atoms with Crippen molar-refractivity contribution in [3.63, 3.8) is 0 Å². The fourth-order valence-electron chi connectivity index (χ4n) is 2.61. The predicted octanol–water partition coefficient (Wildman–Crippen LogP) is 3.19. The highest BCUT2D eigenvalue weighted by molar-refractivity contribution is 6.35. The van der Waals surface area contributed by atoms with Crippen molar-refractivity contribution in [2.24, 2.45) is 0 Å². The number of carbonyl (C=O) groups is 1. The number of hydrogen-bond acceptors (Lipinski definition) is 3. The minimum atomic E-state index is -0.217. The van der Waals surface area contributed by atoms with Gasteiger partial charge in [0.25, 0.3) is 5.91 Å². The molecule has 4 nitrogen and oxygen atoms in total. The van der Waals surface area contributed by atoms with Crippen molar-refractivity contribution in [2.75, 3.05) is 13.7 Å². The van der Waals surface area contributed by atoms with E-state index in [1.54, 1.807) is 13.2 Å². The summed E-state index contributed by atoms with van der Waals surface area (Å²) >= 11 is 6.22. The molecule has 2 aromatic rings. The molecule has 0 unspecified atom stereocenters. The third kappa shape index (κ3) is 2.74. The number of methoxy groups -OCH3 is 1. The second kappa shape index (κ2) is 5.62. The number of nitrogens with zero attached hydrogens (tertiary/aromatic N) is 1. The lowest BCUT2D eigenvalue weighted by Crippen LogP contribution is -2.49. The fourth-order valence-corrected chi connectivity index (χ4v) is 2.87. The Morgan fingerprint density at radius 1 is 1.43 bits per heavy atom. The first-order valence-corrected chi connectivity index (χ1v) is 7.40. The molecule has 0 atom stereocenters. The van der Waals surface area contributed by atoms with E-state index in [2.05, 4.69) is 10.3 Å². The monoisotopic (exact) mass is 304 g/mol. The number of rotatable bonds is 4. The van der Waals surface area contributed by atoms with Gasteiger partial charge in [-0.05, 0) is 31.4 Å². The SMILES string of the molecule is COC1(CNC(=O)c2cc(Cl)c3ccccc3n2)CCC1. The average molecular weight is 305 g/mol. The van der Waals surface area contributed by atoms with Crippen molar-refractivity contribution in [3.05, 3.63) is 41.0 Å². The maximum Gasteiger partial charge on any atom is 0.270 e. The summed E-state index contributed by atoms with van der Waals surface area (Å²) < 4.78 is 5.49. The smallest absolute Gasteiger partial charge is 0.270 e. The van der Waals surface area contributed by atoms with Crippen molar-refractivity contribution in [1.29, 1.82) is 0 Å². The molecule has 110 valence electrons. The minimum absolute atomic E-state index is 0.198. The van der Waals surface area contributed by atoms with Crippen LogP contribution in [0.1, 0.15) is 29.8 Å². The quantitative estimate of drug-likeness (QED) is 0.944. The number of carbonyl (C=O) groups excluding carboxylic acids is 1. The Kier molecular flexibility index (Phi) is 3.83. The molecule has 1 aliphatic rings. The third-order valence-corrected chi connectivity index (χ3v) is 4.48. The van der Waals surface area contributed by atoms with Gasteiger partial charge in [0, 0.05) is 19.0 Å². The summed E-state index contributed by atoms with van der Waals surface area (Å²) in [5.41, 5.74) is 0.862. The van der Waals surface area contributed by atoms with Gasteiger partial charge in [-0.15, -0.1) is 0 Å². The lowest BCUT2D eigenvalue weighted by Gasteiger charge is -2.40. The van der Waals surface area contributed by atoms with E-state index >= 15 is 0 Å². The van der Waals surface area contributed by atoms with Crippen molar-refractivity contribution in [1.82, 2.24) is 10.3 Å². The number of nitrogens with one attached hydrogen (secondary N) is 1. The molecule has 21 heavy (non-hydrogen) atoms. The molecule has 1 amide bonds. The van der Waals surface area contributed by atoms with E-state index in [1.807, 2.05) is 24.3 Å². The van der Waals surface area contributed by atoms with Crippen LogP contribution in [0.15, 0.2) is 30.3 Å². The van der Waals surface area contributed by atoms with Gasteiger partial charge in [-0.3, -0.25) is 4.79 Å². The molecular weight excluding hydrogens is 288 g/mol. The van der Waals surface area contributed by atoms with Gasteiger partial charge in [-0.2, -0.15) is 0 Å². The molecule has 1 heterocycles. The highest BCUT2D eigenvalue weighted by Gasteiger charge is 2.37. The third-order valence-electron chi connectivity index (χ3n) is 4.17. The van der Waals surface area contributed by atoms with E-state index in [4.69, 9.17) is 16.3 Å². The van der Waals surface area contributed by atoms with Gasteiger partial charge in [0.1, 0.15) is 5.69 Å². The Hall–Kier alpha value is -1.65. The van der Waals surface area contributed by atoms with Crippen LogP contribution in [0.25, 0.3) is 10.9 Å². The lowest BCUT2D eigenvalue weighted by molar-refractivity contribution is -0.0679. The van der Waals surface area contributed by atoms with Crippen LogP contribution >= 0.6 is 11.6 Å². The maximum atomic E-state index is 12.3. The molecule has 0 radical (unpaired) electrons. The molecule has 1 saturated carbocycles. The number of pyridine rings is 1. The van der Waals surface area contributed by atoms with E-state index < -0.39 is 0 Å². The molecule has 1 aliphatic carbocycles. The number of fused-ring (bicyclic) bond motifs is 1. The van der Waals surface area contributed by atoms with Gasteiger partial charge >= 0.3 is 0 Å². The maximum absolute atomic E-state index is 12.3. The first-order chi connectivity index (χ1) is 10.1. The van der Waals surface area contributed by atoms with Gasteiger partial charge in [-0.25, -0.2) is 4.98 Å². The van der Waals surface area contributed by atoms with E-state index in [1.165, 1.54) is 0 Å². The number of ether oxygens (including phenoxy) is 1. The Morgan fingerprint density at radius 2 is 2.19 bits per heavy atom. The molecule has 0 aliphatic heterocycles. The van der Waals surface area contributed by atoms with E-state index in [0.29, 0.717) is 17.3 Å². The zero-order valence-electron chi connectivity index (χ0n) is 11.9. The normalized spacial score (nSPS) is 16.5. The highest BCUT2D eigenvalue weighted by atomic mass is 35.5. The summed E-state index contributed by atoms with van der Waals surface area (Å²) in [7, 11) is 1.69. The first kappa shape index (κ1) is 14.3. The Morgan fingerprint density at radius 3 is 2.86 bits per heavy atom. The molecule has 5 heteroatoms. The number of benzene rings is 1. The number of hydrogen-bond donors (Lipinski definition) is 1. The van der Waals surface area contributed by atoms with Gasteiger partial charge in [0.15, 0.2) is 0 Å². The molecular formula is C16H17ClN2O2. The molecule has 3 rings (SSSR count). The Balaban J connectivity index is 1.78. The number of halogens is 1. The van der Waals surface area contributed by atoms with Crippen molar-refractivity contribution >= 4 is 28.4 Å². The van der Waals surface area contributed by atoms with E-state index in [-0.39, 0.29) is 11.5 Å². The molecule has 0 saturated heterocycles. The highest BCUT2D eigenvalue weighted by Crippen LogP contribution is 2.34. The van der Waals surface area contributed by atoms with Crippen LogP contribution in [-0.4, -0.2) is 30.1 Å². The van der Waals surface area contributed by atoms with Crippen LogP contribution in [-0.2, 0) is 4.74 Å². The van der Waals surface area contributed by atoms with Crippen LogP contribution in [0, 0.1) is 0 Å². The topological polar surface area (TPSA) is 51.2 Å². The fraction of sp³-hybridized carbons (Fsp3) is 0.375. The van der Waals surface area contributed by atoms with Crippen LogP contribution in [0.2, 0.25) is 5.02 Å². The van der Waals surface area contributed by atoms with Gasteiger partial charge in [0.2, 0.25) is 0 Å². The molecule has 1 aromatic heterocycles. The second-order valence-corrected chi connectivity index (χ2v) is 5.84. The standard InChI is InChI=1S/C16H17ClN2O2/c1-21-16(7-4-8-16)10-18-15(20)14-9-12(17)11-5-2-3-6-13(11)19-14/h2-3,5-6,9H,4,7-8,10H2,1H3,(H,18,20). The van der Waals surface area contributed by atoms with Crippen LogP contribution < -0.4 is 5.32 Å². The largest absolute Gasteiger partial charge is 0.376 e. The second-order valence-electron chi connectivity index (χ2n) is 5.43. The minimum Gasteiger partial charge on any atom is -0.376 e. The first-order valence-electron chi connectivity index (χ1n) is 7.02. The summed E-state index contributed by atoms with van der Waals surface area (Å²) in [5.74, 6) is -0.217. The van der Waals surface area contributed by atoms with Gasteiger partial charge in [0.05, 0.1) is 16.1 Å². The summed E-state index contributed by atoms with van der Waals surface area (Å²) in [4.78, 5) is 16.6. The van der Waals surface area contributed by atoms with Crippen molar-refractivity contribution in [2.45, 2.75) is 24.9 Å². The molecule has 0 bridgehead atoms. The van der Waals surface area contributed by atoms with Crippen LogP contribution in [0.5, 0.6) is 0 Å². The molecule has 1 fully saturated rings. The molecule has 0 spiro atoms. The number of amides is 1. The zero-order chi connectivity index (χ0) is 14.9. The summed E-state index contributed by atoms with van der Waals surface area (Å²) in [5, 5.41) is 4.29. The Labute approximate surface area is 128 Å². The average Bonchev–Trinajstić information content (AvgIpc) is 2.46. The van der Waals surface area contributed by atoms with Crippen molar-refractivity contribution < 1.29 is 9.53 Å². The van der Waals surface area contributed by atoms with E-state index in [0.717, 1.165) is 30.2 Å². The zero-order valence-corrected chi connectivity index (χ0v) is 12.6. The molecule has 1 aromatic carbocycles. The number of para-hydroxylation sites is 1. The summed E-state index contributed by atoms with van der Waals surface area (Å²) in [6.07, 6.45) is 3.11. The summed E-state index contributed by atoms with van der Waals surface area (Å²) in [6, 6.07) is 9.12. The van der Waals surface area contributed by atoms with Crippen LogP contribution in [0.3, 0.4) is 0 Å². The lowest BCUT2D eigenvalue weighted by atomic mass is 9.80. The Bertz CT molecular complexity index is 678. The number of aromatic nitrogens is 1. The predicted molar refractivity (Wildman–Crippen MR) is 82.7 cm³/mol. The van der Waals surface area contributed by atoms with Gasteiger partial charge < -0.3 is 10.1 Å². The van der Waals surface area contributed by atoms with Crippen molar-refractivity contribution in [3.8, 4) is 0 Å². The molecule has 1 N–H and O–H groups in total. The van der Waals surface area contributed by atoms with E-state index in [9.17, 15) is 4.79 Å².